The number of nitro benzene ring substituents is 1. The van der Waals surface area contributed by atoms with Crippen LogP contribution in [-0.2, 0) is 19.6 Å². The molecule has 0 fully saturated rings. The van der Waals surface area contributed by atoms with Crippen LogP contribution in [0.3, 0.4) is 0 Å². The Morgan fingerprint density at radius 3 is 2.63 bits per heavy atom. The second-order valence-corrected chi connectivity index (χ2v) is 6.71. The summed E-state index contributed by atoms with van der Waals surface area (Å²) in [6, 6.07) is 8.94. The van der Waals surface area contributed by atoms with Gasteiger partial charge in [0.05, 0.1) is 37.4 Å². The lowest BCUT2D eigenvalue weighted by Crippen LogP contribution is -3.11. The van der Waals surface area contributed by atoms with Crippen molar-refractivity contribution >= 4 is 16.6 Å². The van der Waals surface area contributed by atoms with E-state index in [4.69, 9.17) is 9.47 Å². The van der Waals surface area contributed by atoms with Gasteiger partial charge in [0.15, 0.2) is 18.2 Å². The van der Waals surface area contributed by atoms with Crippen LogP contribution in [0.4, 0.5) is 5.69 Å². The maximum absolute atomic E-state index is 11.1. The van der Waals surface area contributed by atoms with Crippen molar-refractivity contribution < 1.29 is 19.3 Å². The average molecular weight is 369 g/mol. The summed E-state index contributed by atoms with van der Waals surface area (Å²) in [6.45, 7) is 2.45. The molecule has 2 heterocycles. The molecule has 1 aliphatic rings. The van der Waals surface area contributed by atoms with Crippen LogP contribution in [0.25, 0.3) is 10.9 Å². The molecule has 3 aromatic rings. The highest BCUT2D eigenvalue weighted by Gasteiger charge is 2.23. The van der Waals surface area contributed by atoms with Crippen molar-refractivity contribution in [3.63, 3.8) is 0 Å². The highest BCUT2D eigenvalue weighted by Crippen LogP contribution is 2.31. The molecule has 0 bridgehead atoms. The van der Waals surface area contributed by atoms with E-state index in [1.54, 1.807) is 32.5 Å². The Hall–Kier alpha value is -3.13. The largest absolute Gasteiger partial charge is 0.493 e. The number of nitro groups is 1. The number of hydrogen-bond acceptors (Lipinski definition) is 5. The minimum atomic E-state index is -0.375. The zero-order valence-electron chi connectivity index (χ0n) is 15.3. The van der Waals surface area contributed by atoms with Gasteiger partial charge in [0, 0.05) is 29.5 Å². The highest BCUT2D eigenvalue weighted by molar-refractivity contribution is 5.80. The first-order valence-corrected chi connectivity index (χ1v) is 8.76. The Kier molecular flexibility index (Phi) is 4.41. The predicted molar refractivity (Wildman–Crippen MR) is 99.2 cm³/mol. The number of methoxy groups -OCH3 is 2. The Morgan fingerprint density at radius 2 is 1.93 bits per heavy atom. The lowest BCUT2D eigenvalue weighted by Gasteiger charge is -2.26. The van der Waals surface area contributed by atoms with Crippen molar-refractivity contribution in [3.05, 3.63) is 57.8 Å². The smallest absolute Gasteiger partial charge is 0.271 e. The number of benzene rings is 2. The number of aromatic nitrogens is 2. The number of rotatable bonds is 5. The van der Waals surface area contributed by atoms with Gasteiger partial charge in [-0.05, 0) is 23.8 Å². The quantitative estimate of drug-likeness (QED) is 0.545. The molecule has 8 nitrogen and oxygen atoms in total. The van der Waals surface area contributed by atoms with Crippen molar-refractivity contribution in [2.24, 2.45) is 0 Å². The molecule has 1 unspecified atom stereocenters. The van der Waals surface area contributed by atoms with Gasteiger partial charge in [-0.2, -0.15) is 5.10 Å². The second-order valence-electron chi connectivity index (χ2n) is 6.71. The predicted octanol–water partition coefficient (Wildman–Crippen LogP) is 1.56. The average Bonchev–Trinajstić information content (AvgIpc) is 3.08. The van der Waals surface area contributed by atoms with Gasteiger partial charge in [-0.1, -0.05) is 0 Å². The van der Waals surface area contributed by atoms with E-state index in [1.165, 1.54) is 22.1 Å². The summed E-state index contributed by atoms with van der Waals surface area (Å²) in [4.78, 5) is 12.0. The lowest BCUT2D eigenvalue weighted by atomic mass is 9.99. The Balaban J connectivity index is 1.59. The number of nitrogens with zero attached hydrogens (tertiary/aromatic N) is 3. The van der Waals surface area contributed by atoms with Crippen LogP contribution < -0.4 is 14.4 Å². The molecule has 0 amide bonds. The molecule has 8 heteroatoms. The maximum atomic E-state index is 11.1. The lowest BCUT2D eigenvalue weighted by molar-refractivity contribution is -0.938. The summed E-state index contributed by atoms with van der Waals surface area (Å²) in [7, 11) is 3.28. The summed E-state index contributed by atoms with van der Waals surface area (Å²) < 4.78 is 12.7. The van der Waals surface area contributed by atoms with Crippen molar-refractivity contribution in [2.75, 3.05) is 20.8 Å². The first-order valence-electron chi connectivity index (χ1n) is 8.76. The molecule has 1 aliphatic heterocycles. The van der Waals surface area contributed by atoms with Gasteiger partial charge in [0.1, 0.15) is 6.54 Å². The first-order chi connectivity index (χ1) is 13.1. The van der Waals surface area contributed by atoms with E-state index in [2.05, 4.69) is 11.2 Å². The van der Waals surface area contributed by atoms with Crippen molar-refractivity contribution in [1.82, 2.24) is 9.78 Å². The van der Waals surface area contributed by atoms with Crippen LogP contribution in [0, 0.1) is 10.1 Å². The maximum Gasteiger partial charge on any atom is 0.271 e. The summed E-state index contributed by atoms with van der Waals surface area (Å²) in [5.41, 5.74) is 3.38. The van der Waals surface area contributed by atoms with Gasteiger partial charge in [-0.25, -0.2) is 4.68 Å². The van der Waals surface area contributed by atoms with E-state index in [0.717, 1.165) is 41.9 Å². The summed E-state index contributed by atoms with van der Waals surface area (Å²) in [5.74, 6) is 1.49. The van der Waals surface area contributed by atoms with E-state index >= 15 is 0 Å². The molecule has 1 atom stereocenters. The third-order valence-electron chi connectivity index (χ3n) is 5.11. The first kappa shape index (κ1) is 17.3. The van der Waals surface area contributed by atoms with Crippen LogP contribution in [0.5, 0.6) is 11.5 Å². The van der Waals surface area contributed by atoms with Crippen molar-refractivity contribution in [1.29, 1.82) is 0 Å². The molecule has 1 aromatic heterocycles. The van der Waals surface area contributed by atoms with Gasteiger partial charge in [-0.3, -0.25) is 10.1 Å². The molecule has 140 valence electrons. The summed E-state index contributed by atoms with van der Waals surface area (Å²) >= 11 is 0. The summed E-state index contributed by atoms with van der Waals surface area (Å²) in [5, 5.41) is 16.4. The van der Waals surface area contributed by atoms with E-state index < -0.39 is 0 Å². The van der Waals surface area contributed by atoms with Crippen LogP contribution >= 0.6 is 0 Å². The number of nitrogens with one attached hydrogen (secondary N) is 1. The zero-order chi connectivity index (χ0) is 19.0. The fourth-order valence-corrected chi connectivity index (χ4v) is 3.67. The van der Waals surface area contributed by atoms with Crippen LogP contribution in [-0.4, -0.2) is 35.5 Å². The molecule has 0 radical (unpaired) electrons. The molecule has 27 heavy (non-hydrogen) atoms. The third-order valence-corrected chi connectivity index (χ3v) is 5.11. The normalized spacial score (nSPS) is 16.1. The van der Waals surface area contributed by atoms with Gasteiger partial charge in [-0.15, -0.1) is 0 Å². The standard InChI is InChI=1S/C19H20N4O4/c1-26-18-7-13-5-6-21(11-15(13)8-19(18)27-2)12-22-17-9-16(23(24)25)4-3-14(17)10-20-22/h3-4,7-10H,5-6,11-12H2,1-2H3/p+1. The van der Waals surface area contributed by atoms with E-state index in [1.807, 2.05) is 10.7 Å². The van der Waals surface area contributed by atoms with Crippen molar-refractivity contribution in [3.8, 4) is 11.5 Å². The van der Waals surface area contributed by atoms with Crippen LogP contribution in [0.1, 0.15) is 11.1 Å². The number of hydrogen-bond donors (Lipinski definition) is 1. The highest BCUT2D eigenvalue weighted by atomic mass is 16.6. The minimum absolute atomic E-state index is 0.0834. The molecule has 4 rings (SSSR count). The van der Waals surface area contributed by atoms with Gasteiger partial charge in [0.2, 0.25) is 0 Å². The van der Waals surface area contributed by atoms with Crippen LogP contribution in [0.15, 0.2) is 36.5 Å². The molecular weight excluding hydrogens is 348 g/mol. The van der Waals surface area contributed by atoms with Gasteiger partial charge < -0.3 is 14.4 Å². The number of ether oxygens (including phenoxy) is 2. The Labute approximate surface area is 156 Å². The number of fused-ring (bicyclic) bond motifs is 2. The Morgan fingerprint density at radius 1 is 1.19 bits per heavy atom. The van der Waals surface area contributed by atoms with Crippen LogP contribution in [0.2, 0.25) is 0 Å². The molecule has 0 saturated heterocycles. The fourth-order valence-electron chi connectivity index (χ4n) is 3.67. The number of non-ortho nitro benzene ring substituents is 1. The molecule has 0 saturated carbocycles. The molecule has 0 aliphatic carbocycles. The van der Waals surface area contributed by atoms with E-state index in [0.29, 0.717) is 6.67 Å². The molecule has 2 aromatic carbocycles. The van der Waals surface area contributed by atoms with Gasteiger partial charge in [0.25, 0.3) is 5.69 Å². The molecule has 1 N–H and O–H groups in total. The number of quaternary nitrogens is 1. The second kappa shape index (κ2) is 6.88. The SMILES string of the molecule is COc1cc2c(cc1OC)C[NH+](Cn1ncc3ccc([N+](=O)[O-])cc31)CC2. The molecule has 0 spiro atoms. The fraction of sp³-hybridized carbons (Fsp3) is 0.316. The molecular formula is C19H21N4O4+. The summed E-state index contributed by atoms with van der Waals surface area (Å²) in [6.07, 6.45) is 2.69. The Bertz CT molecular complexity index is 1010. The van der Waals surface area contributed by atoms with E-state index in [9.17, 15) is 10.1 Å². The van der Waals surface area contributed by atoms with E-state index in [-0.39, 0.29) is 10.6 Å². The topological polar surface area (TPSA) is 83.9 Å². The monoisotopic (exact) mass is 369 g/mol. The zero-order valence-corrected chi connectivity index (χ0v) is 15.3. The minimum Gasteiger partial charge on any atom is -0.493 e. The third kappa shape index (κ3) is 3.19. The van der Waals surface area contributed by atoms with Gasteiger partial charge >= 0.3 is 0 Å². The van der Waals surface area contributed by atoms with Crippen molar-refractivity contribution in [2.45, 2.75) is 19.6 Å².